The largest absolute Gasteiger partial charge is 0.447 e. The van der Waals surface area contributed by atoms with Crippen LogP contribution in [0.4, 0.5) is 0 Å². The van der Waals surface area contributed by atoms with Gasteiger partial charge in [0.25, 0.3) is 0 Å². The summed E-state index contributed by atoms with van der Waals surface area (Å²) < 4.78 is 9.51. The highest BCUT2D eigenvalue weighted by Gasteiger charge is 2.11. The number of carbonyl (C=O) groups excluding carboxylic acids is 1. The monoisotopic (exact) mass is 186 g/mol. The fourth-order valence-electron chi connectivity index (χ4n) is 0.524. The van der Waals surface area contributed by atoms with Gasteiger partial charge in [0.2, 0.25) is 0 Å². The molecule has 0 aromatic carbocycles. The summed E-state index contributed by atoms with van der Waals surface area (Å²) in [4.78, 5) is 10.7. The van der Waals surface area contributed by atoms with Crippen molar-refractivity contribution < 1.29 is 19.7 Å². The predicted molar refractivity (Wildman–Crippen MR) is 43.1 cm³/mol. The molecule has 0 aromatic heterocycles. The molecule has 1 amide bonds. The number of hydrogen-bond acceptors (Lipinski definition) is 4. The number of hydrogen-bond donors (Lipinski definition) is 2. The number of methoxy groups -OCH3 is 1. The van der Waals surface area contributed by atoms with Crippen molar-refractivity contribution >= 4 is 11.9 Å². The lowest BCUT2D eigenvalue weighted by molar-refractivity contribution is -0.150. The second kappa shape index (κ2) is 7.06. The van der Waals surface area contributed by atoms with E-state index < -0.39 is 5.91 Å². The summed E-state index contributed by atoms with van der Waals surface area (Å²) >= 11 is 0. The Morgan fingerprint density at radius 2 is 2.31 bits per heavy atom. The van der Waals surface area contributed by atoms with Crippen molar-refractivity contribution in [1.29, 1.82) is 5.26 Å². The van der Waals surface area contributed by atoms with E-state index in [9.17, 15) is 4.79 Å². The SMILES string of the molecule is COCCOC(=[NH2+])NC(=O)CC#N. The standard InChI is InChI=1S/C7H11N3O3/c1-12-4-5-13-7(9)10-6(11)2-3-8/h2,4-5H2,1H3,(H2,9,10,11)/p+1. The lowest BCUT2D eigenvalue weighted by Gasteiger charge is -2.00. The summed E-state index contributed by atoms with van der Waals surface area (Å²) in [6.45, 7) is 0.643. The van der Waals surface area contributed by atoms with Gasteiger partial charge in [-0.3, -0.25) is 5.41 Å². The third-order valence-electron chi connectivity index (χ3n) is 1.05. The lowest BCUT2D eigenvalue weighted by atomic mass is 10.4. The number of amides is 1. The molecule has 0 heterocycles. The zero-order chi connectivity index (χ0) is 10.1. The highest BCUT2D eigenvalue weighted by Crippen LogP contribution is 1.77. The predicted octanol–water partition coefficient (Wildman–Crippen LogP) is -2.21. The number of nitrogens with zero attached hydrogens (tertiary/aromatic N) is 1. The fourth-order valence-corrected chi connectivity index (χ4v) is 0.524. The molecular formula is C7H12N3O3+. The van der Waals surface area contributed by atoms with E-state index in [-0.39, 0.29) is 19.0 Å². The molecule has 0 rings (SSSR count). The van der Waals surface area contributed by atoms with Gasteiger partial charge in [-0.05, 0) is 0 Å². The first-order valence-corrected chi connectivity index (χ1v) is 3.61. The molecule has 6 nitrogen and oxygen atoms in total. The lowest BCUT2D eigenvalue weighted by Crippen LogP contribution is -2.52. The van der Waals surface area contributed by atoms with E-state index in [0.717, 1.165) is 0 Å². The topological polar surface area (TPSA) is 96.9 Å². The van der Waals surface area contributed by atoms with Crippen LogP contribution in [0.2, 0.25) is 0 Å². The van der Waals surface area contributed by atoms with E-state index in [1.165, 1.54) is 7.11 Å². The Morgan fingerprint density at radius 1 is 1.62 bits per heavy atom. The van der Waals surface area contributed by atoms with Gasteiger partial charge in [0.05, 0.1) is 12.7 Å². The van der Waals surface area contributed by atoms with Crippen molar-refractivity contribution in [2.75, 3.05) is 20.3 Å². The molecule has 0 saturated carbocycles. The van der Waals surface area contributed by atoms with Crippen molar-refractivity contribution in [3.8, 4) is 6.07 Å². The van der Waals surface area contributed by atoms with Gasteiger partial charge in [0.15, 0.2) is 0 Å². The molecule has 6 heteroatoms. The Hall–Kier alpha value is -1.61. The molecule has 0 spiro atoms. The quantitative estimate of drug-likeness (QED) is 0.295. The zero-order valence-electron chi connectivity index (χ0n) is 7.37. The minimum Gasteiger partial charge on any atom is -0.429 e. The highest BCUT2D eigenvalue weighted by atomic mass is 16.5. The van der Waals surface area contributed by atoms with Gasteiger partial charge in [0, 0.05) is 7.11 Å². The number of rotatable bonds is 4. The number of nitrogens with two attached hydrogens (primary N) is 1. The van der Waals surface area contributed by atoms with Gasteiger partial charge < -0.3 is 9.47 Å². The summed E-state index contributed by atoms with van der Waals surface area (Å²) in [7, 11) is 1.52. The Labute approximate surface area is 75.9 Å². The second-order valence-electron chi connectivity index (χ2n) is 2.09. The molecular weight excluding hydrogens is 174 g/mol. The fraction of sp³-hybridized carbons (Fsp3) is 0.571. The first kappa shape index (κ1) is 11.4. The molecule has 0 aliphatic carbocycles. The molecule has 0 aromatic rings. The molecule has 0 fully saturated rings. The molecule has 0 unspecified atom stereocenters. The first-order valence-electron chi connectivity index (χ1n) is 3.61. The van der Waals surface area contributed by atoms with Gasteiger partial charge in [-0.1, -0.05) is 0 Å². The maximum absolute atomic E-state index is 10.7. The summed E-state index contributed by atoms with van der Waals surface area (Å²) in [6, 6.07) is 1.57. The average Bonchev–Trinajstić information content (AvgIpc) is 2.05. The minimum atomic E-state index is -0.489. The van der Waals surface area contributed by atoms with Crippen LogP contribution in [0.1, 0.15) is 6.42 Å². The Balaban J connectivity index is 3.51. The Kier molecular flexibility index (Phi) is 6.19. The van der Waals surface area contributed by atoms with Gasteiger partial charge in [-0.15, -0.1) is 0 Å². The number of amidine groups is 1. The van der Waals surface area contributed by atoms with E-state index in [0.29, 0.717) is 6.61 Å². The van der Waals surface area contributed by atoms with Crippen LogP contribution < -0.4 is 10.7 Å². The van der Waals surface area contributed by atoms with E-state index >= 15 is 0 Å². The van der Waals surface area contributed by atoms with Crippen molar-refractivity contribution in [2.45, 2.75) is 6.42 Å². The summed E-state index contributed by atoms with van der Waals surface area (Å²) in [5.74, 6) is -0.489. The number of carbonyl (C=O) groups is 1. The van der Waals surface area contributed by atoms with E-state index in [2.05, 4.69) is 10.1 Å². The maximum atomic E-state index is 10.7. The van der Waals surface area contributed by atoms with Crippen LogP contribution in [0.25, 0.3) is 0 Å². The van der Waals surface area contributed by atoms with E-state index in [1.54, 1.807) is 6.07 Å². The molecule has 0 aliphatic rings. The average molecular weight is 186 g/mol. The van der Waals surface area contributed by atoms with Crippen LogP contribution in [0.15, 0.2) is 0 Å². The maximum Gasteiger partial charge on any atom is 0.447 e. The van der Waals surface area contributed by atoms with Gasteiger partial charge in [-0.2, -0.15) is 10.6 Å². The molecule has 0 bridgehead atoms. The van der Waals surface area contributed by atoms with Crippen LogP contribution in [-0.2, 0) is 14.3 Å². The van der Waals surface area contributed by atoms with Crippen LogP contribution in [0.5, 0.6) is 0 Å². The van der Waals surface area contributed by atoms with Crippen molar-refractivity contribution in [1.82, 2.24) is 5.32 Å². The third kappa shape index (κ3) is 6.77. The number of nitrogens with one attached hydrogen (secondary N) is 1. The van der Waals surface area contributed by atoms with Crippen molar-refractivity contribution in [2.24, 2.45) is 0 Å². The molecule has 72 valence electrons. The van der Waals surface area contributed by atoms with Crippen LogP contribution in [-0.4, -0.2) is 32.3 Å². The molecule has 0 radical (unpaired) electrons. The van der Waals surface area contributed by atoms with Gasteiger partial charge in [-0.25, -0.2) is 4.79 Å². The zero-order valence-corrected chi connectivity index (χ0v) is 7.37. The van der Waals surface area contributed by atoms with Gasteiger partial charge >= 0.3 is 11.9 Å². The molecule has 0 aliphatic heterocycles. The molecule has 13 heavy (non-hydrogen) atoms. The van der Waals surface area contributed by atoms with Crippen LogP contribution >= 0.6 is 0 Å². The Morgan fingerprint density at radius 3 is 2.85 bits per heavy atom. The first-order chi connectivity index (χ1) is 6.20. The molecule has 0 saturated heterocycles. The van der Waals surface area contributed by atoms with Crippen molar-refractivity contribution in [3.63, 3.8) is 0 Å². The number of nitriles is 1. The Bertz CT molecular complexity index is 222. The summed E-state index contributed by atoms with van der Waals surface area (Å²) in [6.07, 6.45) is -0.242. The summed E-state index contributed by atoms with van der Waals surface area (Å²) in [5.41, 5.74) is 0. The highest BCUT2D eigenvalue weighted by molar-refractivity contribution is 5.92. The normalized spacial score (nSPS) is 8.62. The van der Waals surface area contributed by atoms with E-state index in [1.807, 2.05) is 0 Å². The summed E-state index contributed by atoms with van der Waals surface area (Å²) in [5, 5.41) is 15.6. The van der Waals surface area contributed by atoms with Gasteiger partial charge in [0.1, 0.15) is 13.0 Å². The minimum absolute atomic E-state index is 0.114. The molecule has 3 N–H and O–H groups in total. The second-order valence-corrected chi connectivity index (χ2v) is 2.09. The smallest absolute Gasteiger partial charge is 0.429 e. The van der Waals surface area contributed by atoms with E-state index in [4.69, 9.17) is 15.4 Å². The van der Waals surface area contributed by atoms with Crippen LogP contribution in [0.3, 0.4) is 0 Å². The van der Waals surface area contributed by atoms with Crippen molar-refractivity contribution in [3.05, 3.63) is 0 Å². The molecule has 0 atom stereocenters. The van der Waals surface area contributed by atoms with Crippen LogP contribution in [0, 0.1) is 11.3 Å². The number of ether oxygens (including phenoxy) is 2. The third-order valence-corrected chi connectivity index (χ3v) is 1.05.